The summed E-state index contributed by atoms with van der Waals surface area (Å²) in [5.74, 6) is 0. The number of alkyl halides is 1. The average Bonchev–Trinajstić information content (AvgIpc) is 2.26. The van der Waals surface area contributed by atoms with Crippen molar-refractivity contribution in [3.05, 3.63) is 0 Å². The van der Waals surface area contributed by atoms with Gasteiger partial charge in [0.15, 0.2) is 0 Å². The molecule has 13 heavy (non-hydrogen) atoms. The second-order valence-electron chi connectivity index (χ2n) is 4.33. The maximum absolute atomic E-state index is 13.1. The molecule has 78 valence electrons. The molecule has 0 bridgehead atoms. The van der Waals surface area contributed by atoms with Gasteiger partial charge < -0.3 is 10.1 Å². The average molecular weight is 189 g/mol. The Kier molecular flexibility index (Phi) is 4.13. The van der Waals surface area contributed by atoms with Crippen molar-refractivity contribution in [1.29, 1.82) is 0 Å². The normalized spacial score (nSPS) is 25.6. The third-order valence-corrected chi connectivity index (χ3v) is 2.19. The van der Waals surface area contributed by atoms with Gasteiger partial charge in [-0.3, -0.25) is 0 Å². The Labute approximate surface area is 79.8 Å². The van der Waals surface area contributed by atoms with Crippen molar-refractivity contribution >= 4 is 0 Å². The van der Waals surface area contributed by atoms with Gasteiger partial charge in [0, 0.05) is 0 Å². The first kappa shape index (κ1) is 10.9. The largest absolute Gasteiger partial charge is 0.375 e. The molecule has 1 rings (SSSR count). The molecule has 0 aromatic rings. The minimum Gasteiger partial charge on any atom is -0.375 e. The van der Waals surface area contributed by atoms with E-state index >= 15 is 0 Å². The predicted molar refractivity (Wildman–Crippen MR) is 51.6 cm³/mol. The van der Waals surface area contributed by atoms with Crippen LogP contribution < -0.4 is 5.32 Å². The van der Waals surface area contributed by atoms with Crippen LogP contribution in [0.4, 0.5) is 4.39 Å². The summed E-state index contributed by atoms with van der Waals surface area (Å²) in [4.78, 5) is 0. The van der Waals surface area contributed by atoms with Crippen LogP contribution in [0.1, 0.15) is 33.1 Å². The van der Waals surface area contributed by atoms with Gasteiger partial charge in [-0.25, -0.2) is 4.39 Å². The maximum Gasteiger partial charge on any atom is 0.128 e. The lowest BCUT2D eigenvalue weighted by atomic mass is 10.1. The third kappa shape index (κ3) is 5.21. The van der Waals surface area contributed by atoms with E-state index in [2.05, 4.69) is 5.32 Å². The number of halogens is 1. The van der Waals surface area contributed by atoms with Crippen molar-refractivity contribution in [3.63, 3.8) is 0 Å². The second-order valence-corrected chi connectivity index (χ2v) is 4.33. The van der Waals surface area contributed by atoms with Crippen LogP contribution in [0.25, 0.3) is 0 Å². The van der Waals surface area contributed by atoms with Gasteiger partial charge in [0.2, 0.25) is 0 Å². The minimum atomic E-state index is -1.19. The molecule has 0 amide bonds. The topological polar surface area (TPSA) is 21.3 Å². The quantitative estimate of drug-likeness (QED) is 0.732. The van der Waals surface area contributed by atoms with E-state index in [0.29, 0.717) is 0 Å². The Morgan fingerprint density at radius 1 is 1.38 bits per heavy atom. The van der Waals surface area contributed by atoms with Gasteiger partial charge >= 0.3 is 0 Å². The Morgan fingerprint density at radius 2 is 2.15 bits per heavy atom. The monoisotopic (exact) mass is 189 g/mol. The highest BCUT2D eigenvalue weighted by molar-refractivity contribution is 4.70. The fourth-order valence-corrected chi connectivity index (χ4v) is 1.47. The molecule has 1 fully saturated rings. The van der Waals surface area contributed by atoms with Crippen molar-refractivity contribution in [1.82, 2.24) is 5.32 Å². The molecule has 1 unspecified atom stereocenters. The maximum atomic E-state index is 13.1. The van der Waals surface area contributed by atoms with E-state index in [1.165, 1.54) is 0 Å². The van der Waals surface area contributed by atoms with Crippen LogP contribution in [0, 0.1) is 0 Å². The van der Waals surface area contributed by atoms with Gasteiger partial charge in [-0.2, -0.15) is 0 Å². The fourth-order valence-electron chi connectivity index (χ4n) is 1.47. The number of rotatable bonds is 3. The van der Waals surface area contributed by atoms with Crippen molar-refractivity contribution in [2.24, 2.45) is 0 Å². The second kappa shape index (κ2) is 4.91. The molecule has 0 saturated carbocycles. The third-order valence-electron chi connectivity index (χ3n) is 2.19. The highest BCUT2D eigenvalue weighted by Gasteiger charge is 2.19. The molecule has 0 aromatic carbocycles. The van der Waals surface area contributed by atoms with Gasteiger partial charge in [-0.15, -0.1) is 0 Å². The lowest BCUT2D eigenvalue weighted by Crippen LogP contribution is -2.26. The Balaban J connectivity index is 2.19. The molecular weight excluding hydrogens is 169 g/mol. The van der Waals surface area contributed by atoms with E-state index < -0.39 is 5.67 Å². The van der Waals surface area contributed by atoms with Gasteiger partial charge in [-0.05, 0) is 46.2 Å². The molecule has 1 atom stereocenters. The van der Waals surface area contributed by atoms with Crippen LogP contribution >= 0.6 is 0 Å². The predicted octanol–water partition coefficient (Wildman–Crippen LogP) is 1.89. The van der Waals surface area contributed by atoms with Crippen molar-refractivity contribution in [3.8, 4) is 0 Å². The summed E-state index contributed by atoms with van der Waals surface area (Å²) in [5, 5.41) is 3.30. The first-order chi connectivity index (χ1) is 6.08. The van der Waals surface area contributed by atoms with E-state index in [4.69, 9.17) is 4.74 Å². The zero-order valence-corrected chi connectivity index (χ0v) is 8.61. The Bertz CT molecular complexity index is 136. The number of ether oxygens (including phenoxy) is 1. The van der Waals surface area contributed by atoms with E-state index in [1.807, 2.05) is 0 Å². The molecule has 2 nitrogen and oxygen atoms in total. The lowest BCUT2D eigenvalue weighted by Gasteiger charge is -2.20. The summed E-state index contributed by atoms with van der Waals surface area (Å²) in [5.41, 5.74) is -1.19. The molecule has 0 radical (unpaired) electrons. The first-order valence-corrected chi connectivity index (χ1v) is 5.09. The molecule has 0 aromatic heterocycles. The zero-order valence-electron chi connectivity index (χ0n) is 8.61. The first-order valence-electron chi connectivity index (χ1n) is 5.09. The molecular formula is C10H20FNO. The van der Waals surface area contributed by atoms with Crippen LogP contribution in [0.15, 0.2) is 0 Å². The molecule has 1 aliphatic rings. The smallest absolute Gasteiger partial charge is 0.128 e. The number of hydrogen-bond acceptors (Lipinski definition) is 2. The molecule has 1 N–H and O–H groups in total. The van der Waals surface area contributed by atoms with Gasteiger partial charge in [0.1, 0.15) is 5.67 Å². The molecule has 0 aliphatic carbocycles. The lowest BCUT2D eigenvalue weighted by molar-refractivity contribution is -0.0169. The van der Waals surface area contributed by atoms with Gasteiger partial charge in [0.25, 0.3) is 0 Å². The van der Waals surface area contributed by atoms with E-state index in [9.17, 15) is 4.39 Å². The Morgan fingerprint density at radius 3 is 2.85 bits per heavy atom. The fraction of sp³-hybridized carbons (Fsp3) is 1.00. The van der Waals surface area contributed by atoms with E-state index in [-0.39, 0.29) is 12.7 Å². The van der Waals surface area contributed by atoms with Gasteiger partial charge in [-0.1, -0.05) is 0 Å². The Hall–Kier alpha value is -0.150. The van der Waals surface area contributed by atoms with Crippen LogP contribution in [0.5, 0.6) is 0 Å². The van der Waals surface area contributed by atoms with E-state index in [0.717, 1.165) is 32.4 Å². The summed E-state index contributed by atoms with van der Waals surface area (Å²) < 4.78 is 18.6. The molecule has 1 saturated heterocycles. The van der Waals surface area contributed by atoms with Gasteiger partial charge in [0.05, 0.1) is 12.7 Å². The van der Waals surface area contributed by atoms with Crippen LogP contribution in [-0.2, 0) is 4.74 Å². The molecule has 3 heteroatoms. The zero-order chi connectivity index (χ0) is 9.73. The minimum absolute atomic E-state index is 0.220. The summed E-state index contributed by atoms with van der Waals surface area (Å²) in [6.45, 7) is 5.40. The highest BCUT2D eigenvalue weighted by atomic mass is 19.1. The summed E-state index contributed by atoms with van der Waals surface area (Å²) in [7, 11) is 0. The standard InChI is InChI=1S/C10H20FNO/c1-10(2,11)8-13-9-4-3-6-12-7-5-9/h9,12H,3-8H2,1-2H3. The summed E-state index contributed by atoms with van der Waals surface area (Å²) in [6.07, 6.45) is 3.46. The summed E-state index contributed by atoms with van der Waals surface area (Å²) in [6, 6.07) is 0. The van der Waals surface area contributed by atoms with Crippen LogP contribution in [0.3, 0.4) is 0 Å². The van der Waals surface area contributed by atoms with Crippen LogP contribution in [-0.4, -0.2) is 31.5 Å². The summed E-state index contributed by atoms with van der Waals surface area (Å²) >= 11 is 0. The number of hydrogen-bond donors (Lipinski definition) is 1. The number of nitrogens with one attached hydrogen (secondary N) is 1. The highest BCUT2D eigenvalue weighted by Crippen LogP contribution is 2.14. The SMILES string of the molecule is CC(C)(F)COC1CCCNCC1. The van der Waals surface area contributed by atoms with Crippen molar-refractivity contribution < 1.29 is 9.13 Å². The molecule has 1 aliphatic heterocycles. The van der Waals surface area contributed by atoms with Crippen molar-refractivity contribution in [2.75, 3.05) is 19.7 Å². The molecule has 0 spiro atoms. The van der Waals surface area contributed by atoms with Crippen molar-refractivity contribution in [2.45, 2.75) is 44.9 Å². The van der Waals surface area contributed by atoms with Crippen LogP contribution in [0.2, 0.25) is 0 Å². The molecule has 1 heterocycles. The van der Waals surface area contributed by atoms with E-state index in [1.54, 1.807) is 13.8 Å².